The number of para-hydroxylation sites is 1. The van der Waals surface area contributed by atoms with Gasteiger partial charge in [-0.1, -0.05) is 30.3 Å². The molecule has 1 atom stereocenters. The van der Waals surface area contributed by atoms with Crippen molar-refractivity contribution in [1.82, 2.24) is 15.8 Å². The molecule has 1 aliphatic rings. The van der Waals surface area contributed by atoms with E-state index in [0.717, 1.165) is 24.9 Å². The second kappa shape index (κ2) is 10.8. The average Bonchev–Trinajstić information content (AvgIpc) is 3.31. The topological polar surface area (TPSA) is 83.8 Å². The fraction of sp³-hybridized carbons (Fsp3) is 0.280. The third-order valence-corrected chi connectivity index (χ3v) is 5.48. The first kappa shape index (κ1) is 22.5. The Bertz CT molecular complexity index is 1090. The minimum atomic E-state index is -0.540. The standard InChI is InChI=1S/C25H26FN3O4/c26-20-8-4-6-18(14-20)15-29-13-5-7-19(16-29)24(30)27-28-25(31)23-12-11-22(33-23)17-32-21-9-2-1-3-10-21/h1-4,6,8-12,14,19H,5,7,13,15-17H2,(H,27,30)(H,28,31). The van der Waals surface area contributed by atoms with Crippen molar-refractivity contribution in [1.29, 1.82) is 0 Å². The summed E-state index contributed by atoms with van der Waals surface area (Å²) >= 11 is 0. The van der Waals surface area contributed by atoms with Crippen molar-refractivity contribution in [2.75, 3.05) is 13.1 Å². The van der Waals surface area contributed by atoms with Gasteiger partial charge in [0.1, 0.15) is 23.9 Å². The van der Waals surface area contributed by atoms with Crippen LogP contribution in [0, 0.1) is 11.7 Å². The molecule has 1 fully saturated rings. The van der Waals surface area contributed by atoms with Crippen molar-refractivity contribution >= 4 is 11.8 Å². The molecule has 172 valence electrons. The first-order valence-electron chi connectivity index (χ1n) is 10.9. The van der Waals surface area contributed by atoms with Crippen LogP contribution in [0.25, 0.3) is 0 Å². The van der Waals surface area contributed by atoms with Crippen LogP contribution >= 0.6 is 0 Å². The predicted octanol–water partition coefficient (Wildman–Crippen LogP) is 3.67. The number of carbonyl (C=O) groups is 2. The van der Waals surface area contributed by atoms with E-state index in [4.69, 9.17) is 9.15 Å². The van der Waals surface area contributed by atoms with Gasteiger partial charge in [0.2, 0.25) is 5.91 Å². The van der Waals surface area contributed by atoms with E-state index in [0.29, 0.717) is 24.6 Å². The Labute approximate surface area is 191 Å². The Morgan fingerprint density at radius 2 is 1.91 bits per heavy atom. The lowest BCUT2D eigenvalue weighted by molar-refractivity contribution is -0.127. The summed E-state index contributed by atoms with van der Waals surface area (Å²) in [5.74, 6) is -0.0542. The molecule has 2 aromatic carbocycles. The molecule has 7 nitrogen and oxygen atoms in total. The van der Waals surface area contributed by atoms with Gasteiger partial charge in [-0.05, 0) is 61.3 Å². The fourth-order valence-electron chi connectivity index (χ4n) is 3.84. The van der Waals surface area contributed by atoms with Crippen molar-refractivity contribution in [3.63, 3.8) is 0 Å². The summed E-state index contributed by atoms with van der Waals surface area (Å²) in [6, 6.07) is 19.0. The fourth-order valence-corrected chi connectivity index (χ4v) is 3.84. The van der Waals surface area contributed by atoms with Gasteiger partial charge in [0.05, 0.1) is 5.92 Å². The van der Waals surface area contributed by atoms with Crippen molar-refractivity contribution in [3.8, 4) is 5.75 Å². The first-order chi connectivity index (χ1) is 16.1. The normalized spacial score (nSPS) is 16.2. The number of amides is 2. The van der Waals surface area contributed by atoms with Crippen molar-refractivity contribution in [2.45, 2.75) is 26.0 Å². The zero-order valence-electron chi connectivity index (χ0n) is 18.1. The van der Waals surface area contributed by atoms with Gasteiger partial charge >= 0.3 is 5.91 Å². The molecule has 4 rings (SSSR count). The van der Waals surface area contributed by atoms with Crippen LogP contribution in [0.15, 0.2) is 71.1 Å². The molecule has 8 heteroatoms. The molecule has 2 heterocycles. The molecule has 0 saturated carbocycles. The monoisotopic (exact) mass is 451 g/mol. The van der Waals surface area contributed by atoms with Crippen LogP contribution in [0.4, 0.5) is 4.39 Å². The molecular formula is C25H26FN3O4. The maximum Gasteiger partial charge on any atom is 0.305 e. The molecule has 1 aromatic heterocycles. The largest absolute Gasteiger partial charge is 0.486 e. The Kier molecular flexibility index (Phi) is 7.36. The van der Waals surface area contributed by atoms with E-state index in [9.17, 15) is 14.0 Å². The maximum atomic E-state index is 13.4. The van der Waals surface area contributed by atoms with E-state index in [1.807, 2.05) is 36.4 Å². The number of hydrogen-bond acceptors (Lipinski definition) is 5. The van der Waals surface area contributed by atoms with Crippen LogP contribution in [-0.4, -0.2) is 29.8 Å². The lowest BCUT2D eigenvalue weighted by atomic mass is 9.97. The summed E-state index contributed by atoms with van der Waals surface area (Å²) in [4.78, 5) is 27.1. The molecule has 1 unspecified atom stereocenters. The Morgan fingerprint density at radius 3 is 2.73 bits per heavy atom. The molecule has 0 radical (unpaired) electrons. The number of rotatable bonds is 7. The number of carbonyl (C=O) groups excluding carboxylic acids is 2. The highest BCUT2D eigenvalue weighted by Gasteiger charge is 2.26. The van der Waals surface area contributed by atoms with Crippen LogP contribution in [0.3, 0.4) is 0 Å². The second-order valence-electron chi connectivity index (χ2n) is 8.02. The number of nitrogens with one attached hydrogen (secondary N) is 2. The van der Waals surface area contributed by atoms with E-state index < -0.39 is 5.91 Å². The molecule has 0 spiro atoms. The minimum Gasteiger partial charge on any atom is -0.486 e. The first-order valence-corrected chi connectivity index (χ1v) is 10.9. The van der Waals surface area contributed by atoms with E-state index in [1.54, 1.807) is 12.1 Å². The van der Waals surface area contributed by atoms with Gasteiger partial charge in [-0.25, -0.2) is 4.39 Å². The van der Waals surface area contributed by atoms with E-state index in [1.165, 1.54) is 18.2 Å². The molecule has 0 bridgehead atoms. The Balaban J connectivity index is 1.23. The highest BCUT2D eigenvalue weighted by atomic mass is 19.1. The molecular weight excluding hydrogens is 425 g/mol. The summed E-state index contributed by atoms with van der Waals surface area (Å²) < 4.78 is 24.5. The smallest absolute Gasteiger partial charge is 0.305 e. The number of hydrazine groups is 1. The van der Waals surface area contributed by atoms with Gasteiger partial charge in [0.25, 0.3) is 0 Å². The number of halogens is 1. The van der Waals surface area contributed by atoms with Gasteiger partial charge in [-0.3, -0.25) is 25.3 Å². The number of ether oxygens (including phenoxy) is 1. The molecule has 1 aliphatic heterocycles. The highest BCUT2D eigenvalue weighted by Crippen LogP contribution is 2.19. The van der Waals surface area contributed by atoms with Gasteiger partial charge < -0.3 is 9.15 Å². The van der Waals surface area contributed by atoms with E-state index in [2.05, 4.69) is 15.8 Å². The number of piperidine rings is 1. The van der Waals surface area contributed by atoms with Crippen LogP contribution in [-0.2, 0) is 17.9 Å². The van der Waals surface area contributed by atoms with Gasteiger partial charge in [0.15, 0.2) is 5.76 Å². The minimum absolute atomic E-state index is 0.0818. The van der Waals surface area contributed by atoms with Gasteiger partial charge in [0, 0.05) is 13.1 Å². The lowest BCUT2D eigenvalue weighted by Crippen LogP contribution is -2.48. The average molecular weight is 451 g/mol. The Hall–Kier alpha value is -3.65. The SMILES string of the molecule is O=C(NNC(=O)C1CCCN(Cc2cccc(F)c2)C1)c1ccc(COc2ccccc2)o1. The summed E-state index contributed by atoms with van der Waals surface area (Å²) in [5.41, 5.74) is 5.78. The van der Waals surface area contributed by atoms with Crippen LogP contribution < -0.4 is 15.6 Å². The van der Waals surface area contributed by atoms with Gasteiger partial charge in [-0.15, -0.1) is 0 Å². The lowest BCUT2D eigenvalue weighted by Gasteiger charge is -2.31. The van der Waals surface area contributed by atoms with E-state index >= 15 is 0 Å². The summed E-state index contributed by atoms with van der Waals surface area (Å²) in [7, 11) is 0. The molecule has 2 amide bonds. The number of benzene rings is 2. The van der Waals surface area contributed by atoms with Crippen molar-refractivity contribution < 1.29 is 23.1 Å². The maximum absolute atomic E-state index is 13.4. The van der Waals surface area contributed by atoms with Crippen LogP contribution in [0.5, 0.6) is 5.75 Å². The quantitative estimate of drug-likeness (QED) is 0.536. The molecule has 2 N–H and O–H groups in total. The Morgan fingerprint density at radius 1 is 1.06 bits per heavy atom. The van der Waals surface area contributed by atoms with Crippen molar-refractivity contribution in [3.05, 3.63) is 89.6 Å². The number of furan rings is 1. The zero-order chi connectivity index (χ0) is 23.0. The molecule has 3 aromatic rings. The molecule has 0 aliphatic carbocycles. The summed E-state index contributed by atoms with van der Waals surface area (Å²) in [6.45, 7) is 2.15. The number of nitrogens with zero attached hydrogens (tertiary/aromatic N) is 1. The van der Waals surface area contributed by atoms with Crippen LogP contribution in [0.1, 0.15) is 34.7 Å². The highest BCUT2D eigenvalue weighted by molar-refractivity contribution is 5.93. The molecule has 33 heavy (non-hydrogen) atoms. The molecule has 1 saturated heterocycles. The van der Waals surface area contributed by atoms with Crippen molar-refractivity contribution in [2.24, 2.45) is 5.92 Å². The summed E-state index contributed by atoms with van der Waals surface area (Å²) in [5, 5.41) is 0. The number of hydrogen-bond donors (Lipinski definition) is 2. The second-order valence-corrected chi connectivity index (χ2v) is 8.02. The third-order valence-electron chi connectivity index (χ3n) is 5.48. The zero-order valence-corrected chi connectivity index (χ0v) is 18.1. The number of likely N-dealkylation sites (tertiary alicyclic amines) is 1. The third kappa shape index (κ3) is 6.43. The van der Waals surface area contributed by atoms with Crippen LogP contribution in [0.2, 0.25) is 0 Å². The van der Waals surface area contributed by atoms with Gasteiger partial charge in [-0.2, -0.15) is 0 Å². The summed E-state index contributed by atoms with van der Waals surface area (Å²) in [6.07, 6.45) is 1.58. The predicted molar refractivity (Wildman–Crippen MR) is 119 cm³/mol. The van der Waals surface area contributed by atoms with E-state index in [-0.39, 0.29) is 30.0 Å².